The molecule has 152 valence electrons. The molecule has 0 bridgehead atoms. The molecule has 0 fully saturated rings. The first-order chi connectivity index (χ1) is 13.8. The highest BCUT2D eigenvalue weighted by Gasteiger charge is 2.44. The van der Waals surface area contributed by atoms with Gasteiger partial charge in [0.2, 0.25) is 0 Å². The fourth-order valence-electron chi connectivity index (χ4n) is 3.06. The van der Waals surface area contributed by atoms with Gasteiger partial charge in [0, 0.05) is 6.42 Å². The standard InChI is InChI=1S/C21H24N4O4/c22-18(10-12-26)19(27)21(23,20(28)29)11-9-15-3-1-2-4-17(15)16-7-5-14(6-8-16)13-25-24/h1-8,12-13,18H,9-11,22-24H2,(H,28,29). The summed E-state index contributed by atoms with van der Waals surface area (Å²) in [6.07, 6.45) is 1.81. The lowest BCUT2D eigenvalue weighted by molar-refractivity contribution is -0.149. The molecule has 2 rings (SSSR count). The number of carbonyl (C=O) groups excluding carboxylic acids is 2. The fourth-order valence-corrected chi connectivity index (χ4v) is 3.06. The lowest BCUT2D eigenvalue weighted by atomic mass is 9.83. The Hall–Kier alpha value is -3.36. The van der Waals surface area contributed by atoms with Gasteiger partial charge in [0.25, 0.3) is 0 Å². The van der Waals surface area contributed by atoms with E-state index in [1.165, 1.54) is 6.21 Å². The van der Waals surface area contributed by atoms with Crippen LogP contribution in [0.4, 0.5) is 0 Å². The molecule has 0 spiro atoms. The van der Waals surface area contributed by atoms with Crippen LogP contribution in [-0.4, -0.2) is 40.9 Å². The van der Waals surface area contributed by atoms with Crippen molar-refractivity contribution in [2.45, 2.75) is 30.8 Å². The van der Waals surface area contributed by atoms with Crippen molar-refractivity contribution >= 4 is 24.3 Å². The Morgan fingerprint density at radius 2 is 1.79 bits per heavy atom. The van der Waals surface area contributed by atoms with Crippen LogP contribution in [-0.2, 0) is 20.8 Å². The average Bonchev–Trinajstić information content (AvgIpc) is 2.72. The van der Waals surface area contributed by atoms with Crippen molar-refractivity contribution in [3.05, 3.63) is 59.7 Å². The molecule has 0 aromatic heterocycles. The van der Waals surface area contributed by atoms with Crippen LogP contribution in [0, 0.1) is 0 Å². The third-order valence-corrected chi connectivity index (χ3v) is 4.76. The van der Waals surface area contributed by atoms with Gasteiger partial charge in [-0.2, -0.15) is 5.10 Å². The Kier molecular flexibility index (Phi) is 7.35. The molecule has 2 unspecified atom stereocenters. The number of Topliss-reactive ketones (excluding diaryl/α,β-unsaturated/α-hetero) is 1. The van der Waals surface area contributed by atoms with Crippen LogP contribution >= 0.6 is 0 Å². The highest BCUT2D eigenvalue weighted by molar-refractivity contribution is 6.10. The number of carboxylic acids is 1. The van der Waals surface area contributed by atoms with Crippen molar-refractivity contribution in [3.63, 3.8) is 0 Å². The molecule has 0 heterocycles. The summed E-state index contributed by atoms with van der Waals surface area (Å²) in [5.74, 6) is 2.83. The van der Waals surface area contributed by atoms with Gasteiger partial charge >= 0.3 is 5.97 Å². The van der Waals surface area contributed by atoms with Gasteiger partial charge in [-0.15, -0.1) is 0 Å². The maximum Gasteiger partial charge on any atom is 0.331 e. The van der Waals surface area contributed by atoms with Gasteiger partial charge in [0.15, 0.2) is 11.3 Å². The molecule has 0 aliphatic heterocycles. The lowest BCUT2D eigenvalue weighted by Crippen LogP contribution is -2.60. The Balaban J connectivity index is 2.28. The number of benzene rings is 2. The van der Waals surface area contributed by atoms with Crippen LogP contribution in [0.1, 0.15) is 24.0 Å². The van der Waals surface area contributed by atoms with Crippen LogP contribution in [0.2, 0.25) is 0 Å². The van der Waals surface area contributed by atoms with E-state index >= 15 is 0 Å². The maximum absolute atomic E-state index is 12.5. The summed E-state index contributed by atoms with van der Waals surface area (Å²) in [6, 6.07) is 13.7. The van der Waals surface area contributed by atoms with Crippen LogP contribution in [0.3, 0.4) is 0 Å². The number of aliphatic carboxylic acids is 1. The molecule has 2 aromatic carbocycles. The monoisotopic (exact) mass is 396 g/mol. The summed E-state index contributed by atoms with van der Waals surface area (Å²) in [4.78, 5) is 34.8. The van der Waals surface area contributed by atoms with Crippen LogP contribution < -0.4 is 17.3 Å². The molecule has 29 heavy (non-hydrogen) atoms. The van der Waals surface area contributed by atoms with E-state index < -0.39 is 23.3 Å². The van der Waals surface area contributed by atoms with E-state index in [0.717, 1.165) is 22.3 Å². The first-order valence-corrected chi connectivity index (χ1v) is 9.01. The van der Waals surface area contributed by atoms with E-state index in [1.54, 1.807) is 0 Å². The molecule has 0 radical (unpaired) electrons. The number of rotatable bonds is 10. The van der Waals surface area contributed by atoms with Crippen LogP contribution in [0.15, 0.2) is 53.6 Å². The first kappa shape index (κ1) is 21.9. The first-order valence-electron chi connectivity index (χ1n) is 9.01. The number of hydrogen-bond donors (Lipinski definition) is 4. The molecule has 2 aromatic rings. The molecule has 0 saturated carbocycles. The zero-order chi connectivity index (χ0) is 21.4. The number of carbonyl (C=O) groups is 3. The number of aldehydes is 1. The van der Waals surface area contributed by atoms with Gasteiger partial charge in [0.05, 0.1) is 12.3 Å². The summed E-state index contributed by atoms with van der Waals surface area (Å²) in [6.45, 7) is 0. The third kappa shape index (κ3) is 5.13. The van der Waals surface area contributed by atoms with Crippen molar-refractivity contribution in [2.24, 2.45) is 22.4 Å². The lowest BCUT2D eigenvalue weighted by Gasteiger charge is -2.26. The highest BCUT2D eigenvalue weighted by atomic mass is 16.4. The molecular weight excluding hydrogens is 372 g/mol. The molecule has 0 aliphatic carbocycles. The van der Waals surface area contributed by atoms with E-state index in [2.05, 4.69) is 5.10 Å². The van der Waals surface area contributed by atoms with Crippen molar-refractivity contribution in [1.82, 2.24) is 0 Å². The van der Waals surface area contributed by atoms with Gasteiger partial charge in [-0.25, -0.2) is 4.79 Å². The normalized spacial score (nSPS) is 14.3. The smallest absolute Gasteiger partial charge is 0.331 e. The zero-order valence-electron chi connectivity index (χ0n) is 15.8. The van der Waals surface area contributed by atoms with Crippen LogP contribution in [0.5, 0.6) is 0 Å². The van der Waals surface area contributed by atoms with Gasteiger partial charge in [-0.1, -0.05) is 48.5 Å². The van der Waals surface area contributed by atoms with Gasteiger partial charge in [-0.05, 0) is 35.1 Å². The van der Waals surface area contributed by atoms with Gasteiger partial charge < -0.3 is 27.2 Å². The molecular formula is C21H24N4O4. The predicted molar refractivity (Wildman–Crippen MR) is 110 cm³/mol. The number of nitrogens with zero attached hydrogens (tertiary/aromatic N) is 1. The quantitative estimate of drug-likeness (QED) is 0.152. The maximum atomic E-state index is 12.5. The largest absolute Gasteiger partial charge is 0.480 e. The number of hydrogen-bond acceptors (Lipinski definition) is 7. The zero-order valence-corrected chi connectivity index (χ0v) is 15.8. The van der Waals surface area contributed by atoms with Gasteiger partial charge in [0.1, 0.15) is 6.29 Å². The van der Waals surface area contributed by atoms with Gasteiger partial charge in [-0.3, -0.25) is 4.79 Å². The fraction of sp³-hybridized carbons (Fsp3) is 0.238. The summed E-state index contributed by atoms with van der Waals surface area (Å²) in [7, 11) is 0. The summed E-state index contributed by atoms with van der Waals surface area (Å²) >= 11 is 0. The van der Waals surface area contributed by atoms with Crippen molar-refractivity contribution in [1.29, 1.82) is 0 Å². The van der Waals surface area contributed by atoms with Crippen molar-refractivity contribution < 1.29 is 19.5 Å². The summed E-state index contributed by atoms with van der Waals surface area (Å²) in [5.41, 5.74) is 12.9. The molecule has 2 atom stereocenters. The third-order valence-electron chi connectivity index (χ3n) is 4.76. The number of ketones is 1. The number of aryl methyl sites for hydroxylation is 1. The van der Waals surface area contributed by atoms with E-state index in [-0.39, 0.29) is 19.3 Å². The van der Waals surface area contributed by atoms with Crippen molar-refractivity contribution in [2.75, 3.05) is 0 Å². The predicted octanol–water partition coefficient (Wildman–Crippen LogP) is 0.846. The van der Waals surface area contributed by atoms with E-state index in [0.29, 0.717) is 6.29 Å². The summed E-state index contributed by atoms with van der Waals surface area (Å²) < 4.78 is 0. The Labute approximate surface area is 168 Å². The number of hydrazone groups is 1. The molecule has 0 saturated heterocycles. The second kappa shape index (κ2) is 9.72. The molecule has 7 N–H and O–H groups in total. The minimum atomic E-state index is -2.17. The SMILES string of the molecule is NN=Cc1ccc(-c2ccccc2CCC(N)(C(=O)O)C(=O)C(N)CC=O)cc1. The topological polar surface area (TPSA) is 162 Å². The molecule has 0 amide bonds. The second-order valence-electron chi connectivity index (χ2n) is 6.71. The van der Waals surface area contributed by atoms with E-state index in [9.17, 15) is 19.5 Å². The Morgan fingerprint density at radius 1 is 1.14 bits per heavy atom. The number of carboxylic acid groups (broad SMARTS) is 1. The number of nitrogens with two attached hydrogens (primary N) is 3. The Bertz CT molecular complexity index is 911. The second-order valence-corrected chi connectivity index (χ2v) is 6.71. The minimum Gasteiger partial charge on any atom is -0.480 e. The van der Waals surface area contributed by atoms with Crippen molar-refractivity contribution in [3.8, 4) is 11.1 Å². The molecule has 8 heteroatoms. The summed E-state index contributed by atoms with van der Waals surface area (Å²) in [5, 5.41) is 13.0. The highest BCUT2D eigenvalue weighted by Crippen LogP contribution is 2.27. The van der Waals surface area contributed by atoms with E-state index in [4.69, 9.17) is 17.3 Å². The molecule has 0 aliphatic rings. The molecule has 8 nitrogen and oxygen atoms in total. The average molecular weight is 396 g/mol. The van der Waals surface area contributed by atoms with Crippen LogP contribution in [0.25, 0.3) is 11.1 Å². The Morgan fingerprint density at radius 3 is 2.38 bits per heavy atom. The van der Waals surface area contributed by atoms with E-state index in [1.807, 2.05) is 48.5 Å². The minimum absolute atomic E-state index is 0.150.